The van der Waals surface area contributed by atoms with Gasteiger partial charge in [-0.2, -0.15) is 0 Å². The number of hydrogen-bond acceptors (Lipinski definition) is 5. The van der Waals surface area contributed by atoms with Crippen LogP contribution in [0.3, 0.4) is 0 Å². The van der Waals surface area contributed by atoms with Gasteiger partial charge >= 0.3 is 0 Å². The summed E-state index contributed by atoms with van der Waals surface area (Å²) in [7, 11) is 0. The van der Waals surface area contributed by atoms with E-state index >= 15 is 0 Å². The van der Waals surface area contributed by atoms with Crippen LogP contribution in [0.5, 0.6) is 5.88 Å². The molecule has 17 heavy (non-hydrogen) atoms. The first kappa shape index (κ1) is 12.1. The summed E-state index contributed by atoms with van der Waals surface area (Å²) in [6.45, 7) is 7.82. The Bertz CT molecular complexity index is 352. The average Bonchev–Trinajstić information content (AvgIpc) is 2.85. The SMILES string of the molecule is CCOc1cc(N(CC)C2CCNC2)ncn1. The fourth-order valence-corrected chi connectivity index (χ4v) is 2.23. The summed E-state index contributed by atoms with van der Waals surface area (Å²) in [6, 6.07) is 2.45. The minimum Gasteiger partial charge on any atom is -0.478 e. The molecular weight excluding hydrogens is 216 g/mol. The lowest BCUT2D eigenvalue weighted by Gasteiger charge is -2.28. The number of nitrogens with zero attached hydrogens (tertiary/aromatic N) is 3. The van der Waals surface area contributed by atoms with E-state index in [-0.39, 0.29) is 0 Å². The molecule has 94 valence electrons. The van der Waals surface area contributed by atoms with Crippen molar-refractivity contribution in [2.75, 3.05) is 31.1 Å². The van der Waals surface area contributed by atoms with Crippen molar-refractivity contribution < 1.29 is 4.74 Å². The molecule has 1 aliphatic heterocycles. The van der Waals surface area contributed by atoms with Crippen LogP contribution in [0, 0.1) is 0 Å². The van der Waals surface area contributed by atoms with Crippen molar-refractivity contribution in [1.82, 2.24) is 15.3 Å². The lowest BCUT2D eigenvalue weighted by molar-refractivity contribution is 0.326. The van der Waals surface area contributed by atoms with E-state index in [4.69, 9.17) is 4.74 Å². The Labute approximate surface area is 102 Å². The lowest BCUT2D eigenvalue weighted by atomic mass is 10.2. The van der Waals surface area contributed by atoms with E-state index in [0.29, 0.717) is 18.5 Å². The van der Waals surface area contributed by atoms with Crippen LogP contribution < -0.4 is 15.0 Å². The Balaban J connectivity index is 2.14. The Morgan fingerprint density at radius 3 is 3.00 bits per heavy atom. The summed E-state index contributed by atoms with van der Waals surface area (Å²) in [5, 5.41) is 3.38. The summed E-state index contributed by atoms with van der Waals surface area (Å²) >= 11 is 0. The molecule has 1 N–H and O–H groups in total. The standard InChI is InChI=1S/C12H20N4O/c1-3-16(10-5-6-13-8-10)11-7-12(17-4-2)15-9-14-11/h7,9-10,13H,3-6,8H2,1-2H3. The molecule has 1 aliphatic rings. The monoisotopic (exact) mass is 236 g/mol. The van der Waals surface area contributed by atoms with E-state index in [0.717, 1.165) is 25.5 Å². The van der Waals surface area contributed by atoms with E-state index in [2.05, 4.69) is 27.1 Å². The zero-order valence-electron chi connectivity index (χ0n) is 10.5. The molecule has 2 rings (SSSR count). The van der Waals surface area contributed by atoms with Crippen molar-refractivity contribution in [3.8, 4) is 5.88 Å². The number of aromatic nitrogens is 2. The second-order valence-electron chi connectivity index (χ2n) is 4.08. The van der Waals surface area contributed by atoms with Crippen molar-refractivity contribution in [3.63, 3.8) is 0 Å². The first-order valence-corrected chi connectivity index (χ1v) is 6.27. The molecule has 1 fully saturated rings. The molecule has 0 amide bonds. The molecule has 1 aromatic heterocycles. The number of anilines is 1. The summed E-state index contributed by atoms with van der Waals surface area (Å²) in [6.07, 6.45) is 2.74. The number of hydrogen-bond donors (Lipinski definition) is 1. The first-order valence-electron chi connectivity index (χ1n) is 6.27. The maximum Gasteiger partial charge on any atom is 0.218 e. The largest absolute Gasteiger partial charge is 0.478 e. The average molecular weight is 236 g/mol. The fourth-order valence-electron chi connectivity index (χ4n) is 2.23. The quantitative estimate of drug-likeness (QED) is 0.828. The molecule has 5 heteroatoms. The molecule has 0 aromatic carbocycles. The van der Waals surface area contributed by atoms with E-state index in [9.17, 15) is 0 Å². The minimum absolute atomic E-state index is 0.532. The Hall–Kier alpha value is -1.36. The zero-order valence-corrected chi connectivity index (χ0v) is 10.5. The smallest absolute Gasteiger partial charge is 0.218 e. The second-order valence-corrected chi connectivity index (χ2v) is 4.08. The molecular formula is C12H20N4O. The predicted octanol–water partition coefficient (Wildman–Crippen LogP) is 1.06. The van der Waals surface area contributed by atoms with Crippen LogP contribution in [0.15, 0.2) is 12.4 Å². The van der Waals surface area contributed by atoms with Gasteiger partial charge in [0.05, 0.1) is 6.61 Å². The molecule has 1 atom stereocenters. The molecule has 0 aliphatic carbocycles. The molecule has 0 spiro atoms. The highest BCUT2D eigenvalue weighted by Gasteiger charge is 2.22. The van der Waals surface area contributed by atoms with Crippen LogP contribution in [-0.4, -0.2) is 42.3 Å². The summed E-state index contributed by atoms with van der Waals surface area (Å²) in [5.74, 6) is 1.61. The van der Waals surface area contributed by atoms with Gasteiger partial charge in [0.2, 0.25) is 5.88 Å². The fraction of sp³-hybridized carbons (Fsp3) is 0.667. The van der Waals surface area contributed by atoms with E-state index in [1.807, 2.05) is 13.0 Å². The Kier molecular flexibility index (Phi) is 4.14. The number of nitrogens with one attached hydrogen (secondary N) is 1. The third-order valence-electron chi connectivity index (χ3n) is 3.03. The van der Waals surface area contributed by atoms with Crippen molar-refractivity contribution in [3.05, 3.63) is 12.4 Å². The van der Waals surface area contributed by atoms with Gasteiger partial charge in [0, 0.05) is 25.2 Å². The van der Waals surface area contributed by atoms with Crippen molar-refractivity contribution in [2.45, 2.75) is 26.3 Å². The van der Waals surface area contributed by atoms with Gasteiger partial charge in [-0.15, -0.1) is 0 Å². The third kappa shape index (κ3) is 2.85. The van der Waals surface area contributed by atoms with Gasteiger partial charge in [-0.3, -0.25) is 0 Å². The lowest BCUT2D eigenvalue weighted by Crippen LogP contribution is -2.37. The zero-order chi connectivity index (χ0) is 12.1. The molecule has 2 heterocycles. The molecule has 1 unspecified atom stereocenters. The normalized spacial score (nSPS) is 19.3. The molecule has 0 bridgehead atoms. The van der Waals surface area contributed by atoms with Crippen molar-refractivity contribution in [2.24, 2.45) is 0 Å². The van der Waals surface area contributed by atoms with Crippen molar-refractivity contribution >= 4 is 5.82 Å². The molecule has 0 saturated carbocycles. The van der Waals surface area contributed by atoms with Gasteiger partial charge < -0.3 is 15.0 Å². The van der Waals surface area contributed by atoms with Gasteiger partial charge in [-0.1, -0.05) is 0 Å². The molecule has 5 nitrogen and oxygen atoms in total. The highest BCUT2D eigenvalue weighted by Crippen LogP contribution is 2.20. The number of ether oxygens (including phenoxy) is 1. The van der Waals surface area contributed by atoms with E-state index < -0.39 is 0 Å². The maximum atomic E-state index is 5.41. The number of likely N-dealkylation sites (N-methyl/N-ethyl adjacent to an activating group) is 1. The van der Waals surface area contributed by atoms with Gasteiger partial charge in [0.25, 0.3) is 0 Å². The first-order chi connectivity index (χ1) is 8.35. The molecule has 1 aromatic rings. The summed E-state index contributed by atoms with van der Waals surface area (Å²) < 4.78 is 5.41. The van der Waals surface area contributed by atoms with Crippen LogP contribution in [0.2, 0.25) is 0 Å². The molecule has 1 saturated heterocycles. The summed E-state index contributed by atoms with van der Waals surface area (Å²) in [5.41, 5.74) is 0. The second kappa shape index (κ2) is 5.82. The van der Waals surface area contributed by atoms with Crippen molar-refractivity contribution in [1.29, 1.82) is 0 Å². The maximum absolute atomic E-state index is 5.41. The minimum atomic E-state index is 0.532. The number of rotatable bonds is 5. The van der Waals surface area contributed by atoms with Gasteiger partial charge in [0.15, 0.2) is 0 Å². The van der Waals surface area contributed by atoms with Gasteiger partial charge in [0.1, 0.15) is 12.1 Å². The van der Waals surface area contributed by atoms with Gasteiger partial charge in [-0.05, 0) is 26.8 Å². The van der Waals surface area contributed by atoms with Gasteiger partial charge in [-0.25, -0.2) is 9.97 Å². The van der Waals surface area contributed by atoms with Crippen LogP contribution in [0.25, 0.3) is 0 Å². The van der Waals surface area contributed by atoms with Crippen LogP contribution in [0.4, 0.5) is 5.82 Å². The summed E-state index contributed by atoms with van der Waals surface area (Å²) in [4.78, 5) is 10.8. The van der Waals surface area contributed by atoms with Crippen LogP contribution in [-0.2, 0) is 0 Å². The van der Waals surface area contributed by atoms with Crippen LogP contribution >= 0.6 is 0 Å². The third-order valence-corrected chi connectivity index (χ3v) is 3.03. The van der Waals surface area contributed by atoms with E-state index in [1.165, 1.54) is 6.42 Å². The predicted molar refractivity (Wildman–Crippen MR) is 67.5 cm³/mol. The highest BCUT2D eigenvalue weighted by atomic mass is 16.5. The van der Waals surface area contributed by atoms with Crippen LogP contribution in [0.1, 0.15) is 20.3 Å². The molecule has 0 radical (unpaired) electrons. The Morgan fingerprint density at radius 1 is 1.47 bits per heavy atom. The van der Waals surface area contributed by atoms with E-state index in [1.54, 1.807) is 6.33 Å². The Morgan fingerprint density at radius 2 is 2.35 bits per heavy atom. The topological polar surface area (TPSA) is 50.3 Å². The highest BCUT2D eigenvalue weighted by molar-refractivity contribution is 5.42.